The minimum Gasteiger partial charge on any atom is -0.368 e. The van der Waals surface area contributed by atoms with Crippen molar-refractivity contribution in [2.24, 2.45) is 0 Å². The number of hydrogen-bond acceptors (Lipinski definition) is 7. The average molecular weight is 298 g/mol. The molecule has 0 spiro atoms. The third kappa shape index (κ3) is 3.80. The van der Waals surface area contributed by atoms with E-state index in [2.05, 4.69) is 30.8 Å². The smallest absolute Gasteiger partial charge is 0.226 e. The van der Waals surface area contributed by atoms with Crippen LogP contribution in [0.4, 0.5) is 11.8 Å². The van der Waals surface area contributed by atoms with Crippen molar-refractivity contribution in [3.05, 3.63) is 6.20 Å². The van der Waals surface area contributed by atoms with Crippen LogP contribution in [0.1, 0.15) is 13.3 Å². The van der Waals surface area contributed by atoms with Crippen molar-refractivity contribution in [3.63, 3.8) is 0 Å². The van der Waals surface area contributed by atoms with Crippen LogP contribution in [0.2, 0.25) is 0 Å². The summed E-state index contributed by atoms with van der Waals surface area (Å²) in [4.78, 5) is 8.63. The number of H-pyrrole nitrogens is 1. The van der Waals surface area contributed by atoms with Gasteiger partial charge < -0.3 is 10.6 Å². The number of nitrogens with zero attached hydrogens (tertiary/aromatic N) is 3. The highest BCUT2D eigenvalue weighted by Crippen LogP contribution is 2.19. The first-order chi connectivity index (χ1) is 9.49. The van der Waals surface area contributed by atoms with Gasteiger partial charge >= 0.3 is 0 Å². The van der Waals surface area contributed by atoms with E-state index in [0.29, 0.717) is 24.0 Å². The predicted molar refractivity (Wildman–Crippen MR) is 78.7 cm³/mol. The lowest BCUT2D eigenvalue weighted by atomic mass is 10.4. The number of rotatable bonds is 7. The Labute approximate surface area is 117 Å². The molecule has 0 radical (unpaired) electrons. The van der Waals surface area contributed by atoms with E-state index < -0.39 is 9.84 Å². The molecule has 0 aromatic carbocycles. The van der Waals surface area contributed by atoms with Crippen molar-refractivity contribution in [3.8, 4) is 0 Å². The Bertz CT molecular complexity index is 681. The third-order valence-electron chi connectivity index (χ3n) is 2.61. The molecule has 2 heterocycles. The van der Waals surface area contributed by atoms with E-state index in [0.717, 1.165) is 18.4 Å². The SMILES string of the molecule is CCCNc1nc(NCCS(C)(=O)=O)c2cn[nH]c2n1. The molecule has 9 heteroatoms. The Morgan fingerprint density at radius 2 is 2.05 bits per heavy atom. The lowest BCUT2D eigenvalue weighted by molar-refractivity contribution is 0.602. The number of anilines is 2. The zero-order chi connectivity index (χ0) is 14.6. The monoisotopic (exact) mass is 298 g/mol. The summed E-state index contributed by atoms with van der Waals surface area (Å²) in [6.45, 7) is 3.11. The van der Waals surface area contributed by atoms with Crippen LogP contribution in [0.15, 0.2) is 6.20 Å². The molecule has 0 fully saturated rings. The van der Waals surface area contributed by atoms with Crippen molar-refractivity contribution in [2.75, 3.05) is 35.7 Å². The van der Waals surface area contributed by atoms with E-state index in [9.17, 15) is 8.42 Å². The van der Waals surface area contributed by atoms with Gasteiger partial charge in [0.05, 0.1) is 17.3 Å². The standard InChI is InChI=1S/C11H18N6O2S/c1-3-4-13-11-15-9(12-5-6-20(2,18)19)8-7-14-17-10(8)16-11/h7H,3-6H2,1-2H3,(H3,12,13,14,15,16,17). The lowest BCUT2D eigenvalue weighted by Gasteiger charge is -2.08. The molecule has 8 nitrogen and oxygen atoms in total. The van der Waals surface area contributed by atoms with Crippen molar-refractivity contribution < 1.29 is 8.42 Å². The van der Waals surface area contributed by atoms with E-state index in [4.69, 9.17) is 0 Å². The Morgan fingerprint density at radius 1 is 1.25 bits per heavy atom. The molecule has 0 aliphatic heterocycles. The summed E-state index contributed by atoms with van der Waals surface area (Å²) in [5, 5.41) is 13.6. The molecule has 0 amide bonds. The largest absolute Gasteiger partial charge is 0.368 e. The van der Waals surface area contributed by atoms with Crippen molar-refractivity contribution in [2.45, 2.75) is 13.3 Å². The Morgan fingerprint density at radius 3 is 2.75 bits per heavy atom. The Hall–Kier alpha value is -1.90. The van der Waals surface area contributed by atoms with Crippen LogP contribution in [0.5, 0.6) is 0 Å². The molecular weight excluding hydrogens is 280 g/mol. The van der Waals surface area contributed by atoms with Gasteiger partial charge in [-0.1, -0.05) is 6.92 Å². The molecule has 2 aromatic heterocycles. The number of aromatic nitrogens is 4. The molecule has 0 bridgehead atoms. The first-order valence-corrected chi connectivity index (χ1v) is 8.42. The predicted octanol–water partition coefficient (Wildman–Crippen LogP) is 0.631. The zero-order valence-electron chi connectivity index (χ0n) is 11.5. The fourth-order valence-electron chi connectivity index (χ4n) is 1.64. The average Bonchev–Trinajstić information content (AvgIpc) is 2.83. The van der Waals surface area contributed by atoms with Gasteiger partial charge in [0.2, 0.25) is 5.95 Å². The molecule has 2 aromatic rings. The summed E-state index contributed by atoms with van der Waals surface area (Å²) in [7, 11) is -3.00. The summed E-state index contributed by atoms with van der Waals surface area (Å²) in [6.07, 6.45) is 3.78. The van der Waals surface area contributed by atoms with Gasteiger partial charge in [-0.05, 0) is 6.42 Å². The molecular formula is C11H18N6O2S. The van der Waals surface area contributed by atoms with Crippen LogP contribution < -0.4 is 10.6 Å². The second-order valence-electron chi connectivity index (χ2n) is 4.51. The second kappa shape index (κ2) is 6.04. The molecule has 0 aliphatic rings. The van der Waals surface area contributed by atoms with Gasteiger partial charge in [-0.3, -0.25) is 5.10 Å². The molecule has 2 rings (SSSR count). The lowest BCUT2D eigenvalue weighted by Crippen LogP contribution is -2.15. The van der Waals surface area contributed by atoms with Crippen LogP contribution in [0.3, 0.4) is 0 Å². The minimum absolute atomic E-state index is 0.0497. The summed E-state index contributed by atoms with van der Waals surface area (Å²) in [6, 6.07) is 0. The zero-order valence-corrected chi connectivity index (χ0v) is 12.3. The van der Waals surface area contributed by atoms with Crippen LogP contribution in [-0.2, 0) is 9.84 Å². The second-order valence-corrected chi connectivity index (χ2v) is 6.77. The molecule has 110 valence electrons. The summed E-state index contributed by atoms with van der Waals surface area (Å²) < 4.78 is 22.3. The van der Waals surface area contributed by atoms with E-state index >= 15 is 0 Å². The number of hydrogen-bond donors (Lipinski definition) is 3. The van der Waals surface area contributed by atoms with Gasteiger partial charge in [0.1, 0.15) is 15.7 Å². The number of fused-ring (bicyclic) bond motifs is 1. The highest BCUT2D eigenvalue weighted by molar-refractivity contribution is 7.90. The number of sulfone groups is 1. The molecule has 0 unspecified atom stereocenters. The molecule has 3 N–H and O–H groups in total. The van der Waals surface area contributed by atoms with Crippen molar-refractivity contribution in [1.82, 2.24) is 20.2 Å². The van der Waals surface area contributed by atoms with Crippen LogP contribution >= 0.6 is 0 Å². The van der Waals surface area contributed by atoms with Gasteiger partial charge in [0, 0.05) is 19.3 Å². The molecule has 0 saturated carbocycles. The van der Waals surface area contributed by atoms with Crippen molar-refractivity contribution >= 4 is 32.6 Å². The highest BCUT2D eigenvalue weighted by Gasteiger charge is 2.10. The topological polar surface area (TPSA) is 113 Å². The quantitative estimate of drug-likeness (QED) is 0.687. The molecule has 20 heavy (non-hydrogen) atoms. The van der Waals surface area contributed by atoms with Crippen LogP contribution in [0, 0.1) is 0 Å². The van der Waals surface area contributed by atoms with Gasteiger partial charge in [0.15, 0.2) is 5.65 Å². The fourth-order valence-corrected chi connectivity index (χ4v) is 2.11. The van der Waals surface area contributed by atoms with E-state index in [1.807, 2.05) is 6.92 Å². The Balaban J connectivity index is 2.19. The first-order valence-electron chi connectivity index (χ1n) is 6.36. The third-order valence-corrected chi connectivity index (χ3v) is 3.55. The maximum absolute atomic E-state index is 11.1. The maximum Gasteiger partial charge on any atom is 0.226 e. The van der Waals surface area contributed by atoms with E-state index in [1.165, 1.54) is 6.26 Å². The van der Waals surface area contributed by atoms with Crippen LogP contribution in [0.25, 0.3) is 11.0 Å². The summed E-state index contributed by atoms with van der Waals surface area (Å²) >= 11 is 0. The fraction of sp³-hybridized carbons (Fsp3) is 0.545. The number of nitrogens with one attached hydrogen (secondary N) is 3. The van der Waals surface area contributed by atoms with E-state index in [1.54, 1.807) is 6.20 Å². The summed E-state index contributed by atoms with van der Waals surface area (Å²) in [5.74, 6) is 1.12. The Kier molecular flexibility index (Phi) is 4.38. The van der Waals surface area contributed by atoms with Gasteiger partial charge in [-0.15, -0.1) is 0 Å². The van der Waals surface area contributed by atoms with Crippen LogP contribution in [-0.4, -0.2) is 53.7 Å². The normalized spacial score (nSPS) is 11.7. The van der Waals surface area contributed by atoms with Gasteiger partial charge in [-0.2, -0.15) is 15.1 Å². The van der Waals surface area contributed by atoms with Gasteiger partial charge in [-0.25, -0.2) is 8.42 Å². The van der Waals surface area contributed by atoms with E-state index in [-0.39, 0.29) is 5.75 Å². The molecule has 0 atom stereocenters. The summed E-state index contributed by atoms with van der Waals surface area (Å²) in [5.41, 5.74) is 0.612. The maximum atomic E-state index is 11.1. The highest BCUT2D eigenvalue weighted by atomic mass is 32.2. The van der Waals surface area contributed by atoms with Crippen molar-refractivity contribution in [1.29, 1.82) is 0 Å². The minimum atomic E-state index is -3.00. The number of aromatic amines is 1. The molecule has 0 aliphatic carbocycles. The first kappa shape index (κ1) is 14.5. The molecule has 0 saturated heterocycles. The van der Waals surface area contributed by atoms with Gasteiger partial charge in [0.25, 0.3) is 0 Å².